The van der Waals surface area contributed by atoms with Gasteiger partial charge >= 0.3 is 0 Å². The number of carbonyl (C=O) groups excluding carboxylic acids is 2. The molecule has 2 amide bonds. The summed E-state index contributed by atoms with van der Waals surface area (Å²) in [6, 6.07) is 0. The number of H-pyrrole nitrogens is 1. The van der Waals surface area contributed by atoms with E-state index in [1.807, 2.05) is 0 Å². The zero-order valence-corrected chi connectivity index (χ0v) is 12.0. The number of nitrogens with zero attached hydrogens (tertiary/aromatic N) is 1. The van der Waals surface area contributed by atoms with Crippen LogP contribution in [0, 0.1) is 11.8 Å². The first-order chi connectivity index (χ1) is 10.1. The van der Waals surface area contributed by atoms with Crippen molar-refractivity contribution in [3.8, 4) is 0 Å². The van der Waals surface area contributed by atoms with Gasteiger partial charge in [0.15, 0.2) is 0 Å². The Kier molecular flexibility index (Phi) is 5.08. The summed E-state index contributed by atoms with van der Waals surface area (Å²) in [6.07, 6.45) is 5.96. The van der Waals surface area contributed by atoms with Crippen molar-refractivity contribution < 1.29 is 9.59 Å². The van der Waals surface area contributed by atoms with Gasteiger partial charge in [-0.3, -0.25) is 14.4 Å². The molecule has 7 heteroatoms. The summed E-state index contributed by atoms with van der Waals surface area (Å²) in [5.41, 5.74) is -0.132. The maximum Gasteiger partial charge on any atom is 0.271 e. The highest BCUT2D eigenvalue weighted by atomic mass is 16.2. The first-order valence-corrected chi connectivity index (χ1v) is 7.14. The van der Waals surface area contributed by atoms with E-state index in [1.165, 1.54) is 6.20 Å². The predicted octanol–water partition coefficient (Wildman–Crippen LogP) is 0.0521. The smallest absolute Gasteiger partial charge is 0.271 e. The van der Waals surface area contributed by atoms with Crippen LogP contribution in [0.2, 0.25) is 0 Å². The van der Waals surface area contributed by atoms with Crippen molar-refractivity contribution in [3.05, 3.63) is 28.4 Å². The van der Waals surface area contributed by atoms with Crippen LogP contribution < -0.4 is 16.2 Å². The molecule has 1 aliphatic carbocycles. The second-order valence-corrected chi connectivity index (χ2v) is 5.34. The van der Waals surface area contributed by atoms with Crippen molar-refractivity contribution in [1.82, 2.24) is 20.6 Å². The minimum absolute atomic E-state index is 0.0998. The Bertz CT molecular complexity index is 541. The second-order valence-electron chi connectivity index (χ2n) is 5.34. The number of carbonyl (C=O) groups is 2. The van der Waals surface area contributed by atoms with E-state index in [0.29, 0.717) is 12.5 Å². The van der Waals surface area contributed by atoms with Crippen LogP contribution in [0.3, 0.4) is 0 Å². The molecule has 3 N–H and O–H groups in total. The molecule has 1 aliphatic rings. The van der Waals surface area contributed by atoms with Gasteiger partial charge in [0.1, 0.15) is 5.69 Å². The quantitative estimate of drug-likeness (QED) is 0.729. The number of hydrogen-bond donors (Lipinski definition) is 3. The third kappa shape index (κ3) is 4.14. The van der Waals surface area contributed by atoms with Gasteiger partial charge in [-0.1, -0.05) is 0 Å². The fourth-order valence-corrected chi connectivity index (χ4v) is 2.63. The zero-order chi connectivity index (χ0) is 15.2. The maximum atomic E-state index is 11.9. The molecule has 0 aromatic carbocycles. The van der Waals surface area contributed by atoms with E-state index in [2.05, 4.69) is 20.6 Å². The first-order valence-electron chi connectivity index (χ1n) is 7.14. The molecule has 0 saturated heterocycles. The lowest BCUT2D eigenvalue weighted by atomic mass is 9.81. The van der Waals surface area contributed by atoms with Gasteiger partial charge in [-0.25, -0.2) is 4.98 Å². The van der Waals surface area contributed by atoms with Gasteiger partial charge in [0, 0.05) is 25.7 Å². The standard InChI is InChI=1S/C14H20N4O3/c1-15-13(20)10-4-2-9(3-5-10)6-18-14(21)11-7-17-12(19)8-16-11/h7-10H,2-6H2,1H3,(H,15,20)(H,17,19)(H,18,21). The summed E-state index contributed by atoms with van der Waals surface area (Å²) in [7, 11) is 1.66. The van der Waals surface area contributed by atoms with E-state index in [-0.39, 0.29) is 29.0 Å². The molecule has 0 aliphatic heterocycles. The molecule has 0 atom stereocenters. The van der Waals surface area contributed by atoms with Crippen LogP contribution in [0.15, 0.2) is 17.2 Å². The number of nitrogens with one attached hydrogen (secondary N) is 3. The molecule has 0 bridgehead atoms. The van der Waals surface area contributed by atoms with Crippen LogP contribution in [0.5, 0.6) is 0 Å². The number of amides is 2. The lowest BCUT2D eigenvalue weighted by Crippen LogP contribution is -2.35. The van der Waals surface area contributed by atoms with Crippen LogP contribution in [0.1, 0.15) is 36.2 Å². The van der Waals surface area contributed by atoms with Crippen LogP contribution in [0.4, 0.5) is 0 Å². The van der Waals surface area contributed by atoms with E-state index in [1.54, 1.807) is 7.05 Å². The predicted molar refractivity (Wildman–Crippen MR) is 76.7 cm³/mol. The summed E-state index contributed by atoms with van der Waals surface area (Å²) >= 11 is 0. The average molecular weight is 292 g/mol. The van der Waals surface area contributed by atoms with E-state index < -0.39 is 0 Å². The highest BCUT2D eigenvalue weighted by Gasteiger charge is 2.25. The van der Waals surface area contributed by atoms with Crippen LogP contribution in [0.25, 0.3) is 0 Å². The number of aromatic nitrogens is 2. The van der Waals surface area contributed by atoms with Crippen molar-refractivity contribution in [2.24, 2.45) is 11.8 Å². The summed E-state index contributed by atoms with van der Waals surface area (Å²) in [5, 5.41) is 5.50. The van der Waals surface area contributed by atoms with Gasteiger partial charge < -0.3 is 15.6 Å². The highest BCUT2D eigenvalue weighted by molar-refractivity contribution is 5.91. The van der Waals surface area contributed by atoms with E-state index >= 15 is 0 Å². The molecule has 1 saturated carbocycles. The summed E-state index contributed by atoms with van der Waals surface area (Å²) in [6.45, 7) is 0.570. The minimum Gasteiger partial charge on any atom is -0.359 e. The van der Waals surface area contributed by atoms with Gasteiger partial charge in [0.25, 0.3) is 11.5 Å². The average Bonchev–Trinajstić information content (AvgIpc) is 2.53. The topological polar surface area (TPSA) is 104 Å². The van der Waals surface area contributed by atoms with Gasteiger partial charge in [-0.2, -0.15) is 0 Å². The van der Waals surface area contributed by atoms with Gasteiger partial charge in [-0.15, -0.1) is 0 Å². The Balaban J connectivity index is 1.77. The molecule has 0 unspecified atom stereocenters. The molecule has 2 rings (SSSR count). The molecule has 1 heterocycles. The molecule has 114 valence electrons. The second kappa shape index (κ2) is 7.01. The number of hydrogen-bond acceptors (Lipinski definition) is 4. The van der Waals surface area contributed by atoms with Crippen molar-refractivity contribution in [1.29, 1.82) is 0 Å². The molecule has 1 aromatic heterocycles. The zero-order valence-electron chi connectivity index (χ0n) is 12.0. The highest BCUT2D eigenvalue weighted by Crippen LogP contribution is 2.28. The third-order valence-electron chi connectivity index (χ3n) is 3.92. The van der Waals surface area contributed by atoms with Gasteiger partial charge in [0.2, 0.25) is 5.91 Å². The van der Waals surface area contributed by atoms with Crippen molar-refractivity contribution in [3.63, 3.8) is 0 Å². The molecule has 21 heavy (non-hydrogen) atoms. The normalized spacial score (nSPS) is 21.6. The molecular weight excluding hydrogens is 272 g/mol. The van der Waals surface area contributed by atoms with E-state index in [9.17, 15) is 14.4 Å². The van der Waals surface area contributed by atoms with Crippen molar-refractivity contribution in [2.75, 3.05) is 13.6 Å². The monoisotopic (exact) mass is 292 g/mol. The lowest BCUT2D eigenvalue weighted by Gasteiger charge is -2.27. The maximum absolute atomic E-state index is 11.9. The van der Waals surface area contributed by atoms with E-state index in [0.717, 1.165) is 31.9 Å². The summed E-state index contributed by atoms with van der Waals surface area (Å²) in [5.74, 6) is 0.301. The molecule has 7 nitrogen and oxygen atoms in total. The molecule has 0 spiro atoms. The van der Waals surface area contributed by atoms with Crippen LogP contribution in [-0.2, 0) is 4.79 Å². The Hall–Kier alpha value is -2.18. The molecular formula is C14H20N4O3. The third-order valence-corrected chi connectivity index (χ3v) is 3.92. The van der Waals surface area contributed by atoms with Crippen molar-refractivity contribution in [2.45, 2.75) is 25.7 Å². The van der Waals surface area contributed by atoms with Crippen LogP contribution >= 0.6 is 0 Å². The number of aromatic amines is 1. The molecule has 1 fully saturated rings. The Labute approximate surface area is 122 Å². The fraction of sp³-hybridized carbons (Fsp3) is 0.571. The van der Waals surface area contributed by atoms with Crippen LogP contribution in [-0.4, -0.2) is 35.4 Å². The van der Waals surface area contributed by atoms with Gasteiger partial charge in [0.05, 0.1) is 6.20 Å². The molecule has 0 radical (unpaired) electrons. The van der Waals surface area contributed by atoms with Crippen molar-refractivity contribution >= 4 is 11.8 Å². The van der Waals surface area contributed by atoms with Gasteiger partial charge in [-0.05, 0) is 31.6 Å². The first kappa shape index (κ1) is 15.2. The SMILES string of the molecule is CNC(=O)C1CCC(CNC(=O)c2c[nH]c(=O)cn2)CC1. The minimum atomic E-state index is -0.334. The Morgan fingerprint density at radius 2 is 2.05 bits per heavy atom. The van der Waals surface area contributed by atoms with E-state index in [4.69, 9.17) is 0 Å². The Morgan fingerprint density at radius 1 is 1.33 bits per heavy atom. The fourth-order valence-electron chi connectivity index (χ4n) is 2.63. The summed E-state index contributed by atoms with van der Waals surface area (Å²) < 4.78 is 0. The lowest BCUT2D eigenvalue weighted by molar-refractivity contribution is -0.125. The number of rotatable bonds is 4. The summed E-state index contributed by atoms with van der Waals surface area (Å²) in [4.78, 5) is 40.5. The molecule has 1 aromatic rings. The Morgan fingerprint density at radius 3 is 2.62 bits per heavy atom. The largest absolute Gasteiger partial charge is 0.359 e.